The molecule has 3 aromatic rings. The highest BCUT2D eigenvalue weighted by atomic mass is 35.5. The van der Waals surface area contributed by atoms with Gasteiger partial charge in [-0.05, 0) is 53.6 Å². The van der Waals surface area contributed by atoms with Crippen LogP contribution < -0.4 is 9.64 Å². The molecule has 4 atom stereocenters. The Labute approximate surface area is 214 Å². The first-order chi connectivity index (χ1) is 17.5. The van der Waals surface area contributed by atoms with Crippen LogP contribution in [0.3, 0.4) is 0 Å². The highest BCUT2D eigenvalue weighted by molar-refractivity contribution is 6.30. The Morgan fingerprint density at radius 2 is 1.69 bits per heavy atom. The van der Waals surface area contributed by atoms with Gasteiger partial charge in [-0.3, -0.25) is 9.59 Å². The van der Waals surface area contributed by atoms with Gasteiger partial charge < -0.3 is 14.4 Å². The minimum Gasteiger partial charge on any atom is -0.497 e. The van der Waals surface area contributed by atoms with Gasteiger partial charge in [0.15, 0.2) is 11.2 Å². The number of nitriles is 1. The van der Waals surface area contributed by atoms with Crippen molar-refractivity contribution < 1.29 is 19.1 Å². The number of ether oxygens (including phenoxy) is 2. The van der Waals surface area contributed by atoms with Gasteiger partial charge in [0.05, 0.1) is 26.3 Å². The fourth-order valence-corrected chi connectivity index (χ4v) is 5.63. The lowest BCUT2D eigenvalue weighted by Crippen LogP contribution is -2.46. The summed E-state index contributed by atoms with van der Waals surface area (Å²) >= 11 is 6.09. The summed E-state index contributed by atoms with van der Waals surface area (Å²) in [5.74, 6) is -1.11. The van der Waals surface area contributed by atoms with Crippen LogP contribution >= 0.6 is 11.6 Å². The lowest BCUT2D eigenvalue weighted by molar-refractivity contribution is -0.150. The van der Waals surface area contributed by atoms with Crippen LogP contribution in [0.1, 0.15) is 27.4 Å². The number of hydrogen-bond acceptors (Lipinski definition) is 6. The van der Waals surface area contributed by atoms with E-state index in [1.54, 1.807) is 55.6 Å². The summed E-state index contributed by atoms with van der Waals surface area (Å²) in [6.45, 7) is 0. The van der Waals surface area contributed by atoms with Gasteiger partial charge in [0, 0.05) is 22.2 Å². The van der Waals surface area contributed by atoms with Crippen molar-refractivity contribution in [3.05, 3.63) is 101 Å². The van der Waals surface area contributed by atoms with Crippen molar-refractivity contribution in [2.45, 2.75) is 18.0 Å². The molecule has 1 fully saturated rings. The predicted octanol–water partition coefficient (Wildman–Crippen LogP) is 5.28. The monoisotopic (exact) mass is 498 g/mol. The number of halogens is 1. The van der Waals surface area contributed by atoms with E-state index in [-0.39, 0.29) is 5.78 Å². The van der Waals surface area contributed by atoms with Crippen molar-refractivity contribution in [2.24, 2.45) is 5.41 Å². The van der Waals surface area contributed by atoms with E-state index in [0.29, 0.717) is 21.9 Å². The summed E-state index contributed by atoms with van der Waals surface area (Å²) in [5.41, 5.74) is 1.09. The zero-order valence-corrected chi connectivity index (χ0v) is 20.5. The molecule has 0 amide bonds. The van der Waals surface area contributed by atoms with Gasteiger partial charge in [-0.25, -0.2) is 0 Å². The summed E-state index contributed by atoms with van der Waals surface area (Å²) < 4.78 is 10.6. The summed E-state index contributed by atoms with van der Waals surface area (Å²) in [4.78, 5) is 29.7. The van der Waals surface area contributed by atoms with Gasteiger partial charge in [-0.1, -0.05) is 54.1 Å². The van der Waals surface area contributed by atoms with E-state index < -0.39 is 29.4 Å². The SMILES string of the molecule is COC(=O)[C@]1(C#N)C2C=Cc3ccccc3N2[C@@H](C(=O)c2ccc(Cl)cc2)[C@@H]1c1ccc(OC)cc1. The van der Waals surface area contributed by atoms with Crippen LogP contribution in [0.5, 0.6) is 5.75 Å². The number of fused-ring (bicyclic) bond motifs is 3. The van der Waals surface area contributed by atoms with Gasteiger partial charge in [0.1, 0.15) is 11.8 Å². The third kappa shape index (κ3) is 3.47. The van der Waals surface area contributed by atoms with Gasteiger partial charge in [0.2, 0.25) is 0 Å². The van der Waals surface area contributed by atoms with Crippen LogP contribution in [0, 0.1) is 16.7 Å². The van der Waals surface area contributed by atoms with E-state index in [1.165, 1.54) is 7.11 Å². The molecule has 36 heavy (non-hydrogen) atoms. The molecule has 0 aromatic heterocycles. The van der Waals surface area contributed by atoms with E-state index in [1.807, 2.05) is 41.3 Å². The first-order valence-corrected chi connectivity index (χ1v) is 11.8. The van der Waals surface area contributed by atoms with Crippen LogP contribution in [0.25, 0.3) is 6.08 Å². The van der Waals surface area contributed by atoms with Crippen LogP contribution in [-0.4, -0.2) is 38.1 Å². The number of esters is 1. The molecule has 2 aliphatic heterocycles. The standard InChI is InChI=1S/C29H23ClN2O4/c1-35-22-14-9-19(10-15-22)25-26(27(33)20-7-12-21(30)13-8-20)32-23-6-4-3-5-18(23)11-16-24(32)29(25,17-31)28(34)36-2/h3-16,24-26H,1-2H3/t24?,25-,26+,29+/m0/s1. The highest BCUT2D eigenvalue weighted by Crippen LogP contribution is 2.56. The number of methoxy groups -OCH3 is 2. The Hall–Kier alpha value is -4.08. The van der Waals surface area contributed by atoms with E-state index in [2.05, 4.69) is 6.07 Å². The average Bonchev–Trinajstić information content (AvgIpc) is 3.24. The van der Waals surface area contributed by atoms with E-state index >= 15 is 0 Å². The Morgan fingerprint density at radius 3 is 2.33 bits per heavy atom. The summed E-state index contributed by atoms with van der Waals surface area (Å²) in [7, 11) is 2.83. The molecular weight excluding hydrogens is 476 g/mol. The highest BCUT2D eigenvalue weighted by Gasteiger charge is 2.67. The van der Waals surface area contributed by atoms with Crippen LogP contribution in [0.4, 0.5) is 5.69 Å². The fourth-order valence-electron chi connectivity index (χ4n) is 5.51. The maximum atomic E-state index is 14.2. The molecule has 0 N–H and O–H groups in total. The van der Waals surface area contributed by atoms with Crippen molar-refractivity contribution in [1.82, 2.24) is 0 Å². The summed E-state index contributed by atoms with van der Waals surface area (Å²) in [6.07, 6.45) is 3.72. The Morgan fingerprint density at radius 1 is 1.00 bits per heavy atom. The number of nitrogens with zero attached hydrogens (tertiary/aromatic N) is 2. The second-order valence-electron chi connectivity index (χ2n) is 8.81. The number of hydrogen-bond donors (Lipinski definition) is 0. The minimum atomic E-state index is -1.68. The molecule has 3 aromatic carbocycles. The van der Waals surface area contributed by atoms with E-state index in [0.717, 1.165) is 11.3 Å². The molecule has 7 heteroatoms. The largest absolute Gasteiger partial charge is 0.497 e. The number of Topliss-reactive ketones (excluding diaryl/α,β-unsaturated/α-hetero) is 1. The van der Waals surface area contributed by atoms with Gasteiger partial charge in [-0.2, -0.15) is 5.26 Å². The minimum absolute atomic E-state index is 0.219. The van der Waals surface area contributed by atoms with Crippen LogP contribution in [0.15, 0.2) is 78.9 Å². The fraction of sp³-hybridized carbons (Fsp3) is 0.207. The molecule has 6 nitrogen and oxygen atoms in total. The normalized spacial score (nSPS) is 23.8. The molecule has 2 aliphatic rings. The van der Waals surface area contributed by atoms with Crippen molar-refractivity contribution in [1.29, 1.82) is 5.26 Å². The van der Waals surface area contributed by atoms with Crippen molar-refractivity contribution in [3.63, 3.8) is 0 Å². The molecule has 5 rings (SSSR count). The molecule has 0 spiro atoms. The second kappa shape index (κ2) is 9.18. The zero-order valence-electron chi connectivity index (χ0n) is 19.7. The molecular formula is C29H23ClN2O4. The maximum Gasteiger partial charge on any atom is 0.329 e. The molecule has 0 saturated carbocycles. The maximum absolute atomic E-state index is 14.2. The van der Waals surface area contributed by atoms with Crippen molar-refractivity contribution in [2.75, 3.05) is 19.1 Å². The first-order valence-electron chi connectivity index (χ1n) is 11.4. The van der Waals surface area contributed by atoms with Crippen molar-refractivity contribution in [3.8, 4) is 11.8 Å². The summed E-state index contributed by atoms with van der Waals surface area (Å²) in [6, 6.07) is 22.1. The lowest BCUT2D eigenvalue weighted by atomic mass is 9.68. The molecule has 1 saturated heterocycles. The van der Waals surface area contributed by atoms with E-state index in [4.69, 9.17) is 21.1 Å². The van der Waals surface area contributed by atoms with Gasteiger partial charge >= 0.3 is 5.97 Å². The third-order valence-corrected chi connectivity index (χ3v) is 7.38. The quantitative estimate of drug-likeness (QED) is 0.351. The number of para-hydroxylation sites is 1. The smallest absolute Gasteiger partial charge is 0.329 e. The summed E-state index contributed by atoms with van der Waals surface area (Å²) in [5, 5.41) is 11.2. The Balaban J connectivity index is 1.79. The molecule has 1 unspecified atom stereocenters. The zero-order chi connectivity index (χ0) is 25.4. The number of benzene rings is 3. The van der Waals surface area contributed by atoms with Crippen LogP contribution in [-0.2, 0) is 9.53 Å². The Bertz CT molecular complexity index is 1390. The molecule has 0 aliphatic carbocycles. The molecule has 0 bridgehead atoms. The topological polar surface area (TPSA) is 79.6 Å². The molecule has 2 heterocycles. The molecule has 0 radical (unpaired) electrons. The lowest BCUT2D eigenvalue weighted by Gasteiger charge is -2.36. The predicted molar refractivity (Wildman–Crippen MR) is 137 cm³/mol. The van der Waals surface area contributed by atoms with Gasteiger partial charge in [-0.15, -0.1) is 0 Å². The Kier molecular flexibility index (Phi) is 6.03. The van der Waals surface area contributed by atoms with Gasteiger partial charge in [0.25, 0.3) is 0 Å². The average molecular weight is 499 g/mol. The van der Waals surface area contributed by atoms with Crippen molar-refractivity contribution >= 4 is 35.1 Å². The number of carbonyl (C=O) groups is 2. The third-order valence-electron chi connectivity index (χ3n) is 7.13. The number of carbonyl (C=O) groups excluding carboxylic acids is 2. The number of anilines is 1. The van der Waals surface area contributed by atoms with Crippen LogP contribution in [0.2, 0.25) is 5.02 Å². The number of ketones is 1. The second-order valence-corrected chi connectivity index (χ2v) is 9.25. The van der Waals surface area contributed by atoms with E-state index in [9.17, 15) is 14.9 Å². The molecule has 180 valence electrons. The first kappa shape index (κ1) is 23.7. The number of rotatable bonds is 5.